The van der Waals surface area contributed by atoms with Gasteiger partial charge in [0.15, 0.2) is 0 Å². The van der Waals surface area contributed by atoms with Gasteiger partial charge in [0, 0.05) is 32.6 Å². The summed E-state index contributed by atoms with van der Waals surface area (Å²) < 4.78 is 742. The summed E-state index contributed by atoms with van der Waals surface area (Å²) in [4.78, 5) is 0. The van der Waals surface area contributed by atoms with Crippen molar-refractivity contribution >= 4 is 81.0 Å². The Morgan fingerprint density at radius 1 is 0.250 bits per heavy atom. The lowest BCUT2D eigenvalue weighted by Crippen LogP contribution is -2.75. The first-order valence-electron chi connectivity index (χ1n) is 37.4. The van der Waals surface area contributed by atoms with Gasteiger partial charge in [-0.3, -0.25) is 0 Å². The molecule has 0 saturated carbocycles. The largest absolute Gasteiger partial charge is 0.460 e. The fourth-order valence-electron chi connectivity index (χ4n) is 13.5. The normalized spacial score (nSPS) is 15.6. The van der Waals surface area contributed by atoms with E-state index in [4.69, 9.17) is 0 Å². The average Bonchev–Trinajstić information content (AvgIpc) is 0.956. The Labute approximate surface area is 717 Å². The highest BCUT2D eigenvalue weighted by Crippen LogP contribution is 2.66. The van der Waals surface area contributed by atoms with E-state index in [0.717, 1.165) is 156 Å². The van der Waals surface area contributed by atoms with E-state index in [9.17, 15) is 193 Å². The minimum absolute atomic E-state index is 0.483. The van der Waals surface area contributed by atoms with Crippen molar-refractivity contribution in [3.8, 4) is 0 Å². The number of imidazole rings is 1. The Kier molecular flexibility index (Phi) is 32.1. The molecule has 5 aromatic rings. The highest BCUT2D eigenvalue weighted by Gasteiger charge is 2.95. The summed E-state index contributed by atoms with van der Waals surface area (Å²) in [7, 11) is -15.4. The first kappa shape index (κ1) is 118. The van der Waals surface area contributed by atoms with Crippen LogP contribution in [-0.4, -0.2) is 186 Å². The number of benzene rings is 4. The van der Waals surface area contributed by atoms with Crippen LogP contribution in [0.25, 0.3) is 0 Å². The number of aromatic nitrogens is 2. The molecular formula is C73H73BF52N2Si4. The third-order valence-corrected chi connectivity index (χ3v) is 36.8. The predicted octanol–water partition coefficient (Wildman–Crippen LogP) is 24.7. The number of alkyl halides is 52. The van der Waals surface area contributed by atoms with Crippen LogP contribution in [0.1, 0.15) is 51.3 Å². The minimum Gasteiger partial charge on any atom is -0.237 e. The fourth-order valence-corrected chi connectivity index (χ4v) is 22.7. The van der Waals surface area contributed by atoms with Gasteiger partial charge in [-0.2, -0.15) is 250 Å². The summed E-state index contributed by atoms with van der Waals surface area (Å²) in [5.74, 6) is -157. The van der Waals surface area contributed by atoms with E-state index in [1.54, 1.807) is 0 Å². The van der Waals surface area contributed by atoms with Gasteiger partial charge in [0.2, 0.25) is 0 Å². The Morgan fingerprint density at radius 2 is 0.409 bits per heavy atom. The molecule has 0 saturated heterocycles. The molecule has 0 aliphatic heterocycles. The van der Waals surface area contributed by atoms with Crippen LogP contribution < -0.4 is 47.2 Å². The van der Waals surface area contributed by atoms with Crippen LogP contribution in [0, 0.1) is 6.92 Å². The maximum absolute atomic E-state index is 15.4. The lowest BCUT2D eigenvalue weighted by atomic mass is 9.13. The predicted molar refractivity (Wildman–Crippen MR) is 385 cm³/mol. The first-order valence-corrected chi connectivity index (χ1v) is 50.2. The Morgan fingerprint density at radius 3 is 0.545 bits per heavy atom. The molecule has 0 aliphatic rings. The fraction of sp³-hybridized carbons (Fsp3) is 0.630. The van der Waals surface area contributed by atoms with Gasteiger partial charge in [-0.15, -0.1) is 0 Å². The molecule has 4 aromatic carbocycles. The molecular weight excluding hydrogens is 2020 g/mol. The average molecular weight is 2090 g/mol. The molecule has 132 heavy (non-hydrogen) atoms. The molecule has 2 nitrogen and oxygen atoms in total. The molecule has 0 aliphatic carbocycles. The molecule has 0 bridgehead atoms. The van der Waals surface area contributed by atoms with Crippen molar-refractivity contribution in [3.63, 3.8) is 0 Å². The maximum atomic E-state index is 15.4. The van der Waals surface area contributed by atoms with E-state index in [0.29, 0.717) is 0 Å². The zero-order chi connectivity index (χ0) is 104. The lowest BCUT2D eigenvalue weighted by Gasteiger charge is -2.45. The summed E-state index contributed by atoms with van der Waals surface area (Å²) in [5, 5.41) is -1.93. The van der Waals surface area contributed by atoms with Crippen LogP contribution in [-0.2, 0) is 13.6 Å². The van der Waals surface area contributed by atoms with Crippen LogP contribution in [0.2, 0.25) is 76.6 Å². The van der Waals surface area contributed by atoms with Crippen LogP contribution in [0.5, 0.6) is 0 Å². The topological polar surface area (TPSA) is 8.81 Å². The molecule has 0 amide bonds. The highest BCUT2D eigenvalue weighted by molar-refractivity contribution is 7.20. The van der Waals surface area contributed by atoms with Crippen molar-refractivity contribution in [1.29, 1.82) is 0 Å². The standard InChI is InChI=1S/C64H56BF52Si4.C9H17N2/c1-118(2,29-25-41(66,67)45(74,75)49(82,83)53(90,91)57(98,99)61(106,107)108)37-17-9-33(10-18-37)65(34-11-19-38(20-12-34)119(3,4)30-26-42(68,69)46(76,77)50(84,85)54(92,93)58(100,101)62(109,110)111,35-13-21-39(22-14-35)120(5,6)31-27-43(70,71)47(78,79)51(86,87)55(94,95)59(102,103)63(112,113)114)36-15-23-40(24-16-36)121(7,8)32-28-44(72,73)48(80,81)52(88,89)56(96,97)60(104,105)64(115,116)117;1-4-5-6-11-8-7-10(3)9(11)2/h9-24H,25-32H2,1-8H3;7-8H,4-6H2,1-3H3/q-1;+1. The molecule has 1 heterocycles. The summed E-state index contributed by atoms with van der Waals surface area (Å²) in [6.07, 6.45) is -39.8. The smallest absolute Gasteiger partial charge is 0.237 e. The molecule has 5 rings (SSSR count). The Hall–Kier alpha value is -6.62. The number of aryl methyl sites for hydroxylation is 2. The van der Waals surface area contributed by atoms with Crippen molar-refractivity contribution in [3.05, 3.63) is 115 Å². The summed E-state index contributed by atoms with van der Waals surface area (Å²) >= 11 is 0. The van der Waals surface area contributed by atoms with Gasteiger partial charge in [0.05, 0.1) is 45.9 Å². The third-order valence-electron chi connectivity index (χ3n) is 23.2. The second-order valence-electron chi connectivity index (χ2n) is 33.9. The van der Waals surface area contributed by atoms with E-state index in [1.807, 2.05) is 0 Å². The molecule has 59 heteroatoms. The van der Waals surface area contributed by atoms with Gasteiger partial charge in [0.25, 0.3) is 5.82 Å². The van der Waals surface area contributed by atoms with Crippen molar-refractivity contribution in [2.24, 2.45) is 7.05 Å². The Balaban J connectivity index is 0.00000307. The van der Waals surface area contributed by atoms with Crippen LogP contribution in [0.3, 0.4) is 0 Å². The quantitative estimate of drug-likeness (QED) is 0.0211. The van der Waals surface area contributed by atoms with Gasteiger partial charge in [-0.1, -0.05) is 184 Å². The second kappa shape index (κ2) is 36.0. The van der Waals surface area contributed by atoms with Gasteiger partial charge >= 0.3 is 143 Å². The SMILES string of the molecule is CCCCn1cc[n+](C)c1C.C[Si](C)(CCC(F)(F)C(F)(F)C(F)(F)C(F)(F)C(F)(F)C(F)(F)F)c1ccc([B-](c2ccc([Si](C)(C)CCC(F)(F)C(F)(F)C(F)(F)C(F)(F)C(F)(F)C(F)(F)F)cc2)(c2ccc([Si](C)(C)CCC(F)(F)C(F)(F)C(F)(F)C(F)(F)C(F)(F)C(F)(F)F)cc2)c2ccc([Si](C)(C)CCC(F)(F)C(F)(F)C(F)(F)C(F)(F)C(F)(F)C(F)(F)F)cc2)cc1. The van der Waals surface area contributed by atoms with Crippen molar-refractivity contribution in [2.75, 3.05) is 0 Å². The maximum Gasteiger partial charge on any atom is 0.460 e. The number of unbranched alkanes of at least 4 members (excludes halogenated alkanes) is 1. The van der Waals surface area contributed by atoms with Crippen LogP contribution >= 0.6 is 0 Å². The van der Waals surface area contributed by atoms with Gasteiger partial charge in [-0.25, -0.2) is 9.13 Å². The van der Waals surface area contributed by atoms with Crippen molar-refractivity contribution in [2.45, 2.75) is 279 Å². The zero-order valence-corrected chi connectivity index (χ0v) is 72.8. The molecule has 0 N–H and O–H groups in total. The van der Waals surface area contributed by atoms with Gasteiger partial charge in [-0.05, 0) is 30.6 Å². The minimum atomic E-state index is -8.39. The van der Waals surface area contributed by atoms with Gasteiger partial charge in [0.1, 0.15) is 18.5 Å². The zero-order valence-electron chi connectivity index (χ0n) is 68.8. The van der Waals surface area contributed by atoms with E-state index < -0.39 is 274 Å². The number of hydrogen-bond donors (Lipinski definition) is 0. The van der Waals surface area contributed by atoms with Crippen molar-refractivity contribution in [1.82, 2.24) is 4.57 Å². The number of nitrogens with zero attached hydrogens (tertiary/aromatic N) is 2. The van der Waals surface area contributed by atoms with Crippen LogP contribution in [0.15, 0.2) is 109 Å². The monoisotopic (exact) mass is 2090 g/mol. The summed E-state index contributed by atoms with van der Waals surface area (Å²) in [5.41, 5.74) is -2.01. The third kappa shape index (κ3) is 19.7. The first-order chi connectivity index (χ1) is 57.9. The lowest BCUT2D eigenvalue weighted by molar-refractivity contribution is -0.677. The molecule has 0 radical (unpaired) electrons. The summed E-state index contributed by atoms with van der Waals surface area (Å²) in [6, 6.07) is 5.43. The van der Waals surface area contributed by atoms with Crippen molar-refractivity contribution < 1.29 is 233 Å². The molecule has 1 aromatic heterocycles. The second-order valence-corrected chi connectivity index (χ2v) is 53.3. The van der Waals surface area contributed by atoms with E-state index in [-0.39, 0.29) is 0 Å². The van der Waals surface area contributed by atoms with Gasteiger partial charge < -0.3 is 0 Å². The van der Waals surface area contributed by atoms with E-state index in [2.05, 4.69) is 42.4 Å². The molecule has 0 unspecified atom stereocenters. The number of hydrogen-bond acceptors (Lipinski definition) is 0. The molecule has 0 atom stereocenters. The molecule has 758 valence electrons. The molecule has 0 fully saturated rings. The number of halogens is 52. The Bertz CT molecular complexity index is 4170. The highest BCUT2D eigenvalue weighted by atomic mass is 28.3. The van der Waals surface area contributed by atoms with E-state index in [1.165, 1.54) is 18.7 Å². The molecule has 0 spiro atoms. The summed E-state index contributed by atoms with van der Waals surface area (Å²) in [6.45, 7) is 12.1. The van der Waals surface area contributed by atoms with Crippen LogP contribution in [0.4, 0.5) is 228 Å². The number of rotatable bonds is 39. The van der Waals surface area contributed by atoms with E-state index >= 15 is 35.1 Å².